The minimum absolute atomic E-state index is 0.0317. The highest BCUT2D eigenvalue weighted by Gasteiger charge is 2.34. The van der Waals surface area contributed by atoms with E-state index in [0.717, 1.165) is 24.2 Å². The largest absolute Gasteiger partial charge is 0.496 e. The molecule has 126 valence electrons. The average molecular weight is 316 g/mol. The molecule has 2 heterocycles. The summed E-state index contributed by atoms with van der Waals surface area (Å²) >= 11 is 0. The predicted octanol–water partition coefficient (Wildman–Crippen LogP) is 3.10. The Balaban J connectivity index is 1.58. The molecule has 3 atom stereocenters. The molecule has 0 aliphatic carbocycles. The average Bonchev–Trinajstić information content (AvgIpc) is 2.85. The summed E-state index contributed by atoms with van der Waals surface area (Å²) in [6.45, 7) is 4.09. The van der Waals surface area contributed by atoms with E-state index in [1.54, 1.807) is 7.11 Å². The van der Waals surface area contributed by atoms with Gasteiger partial charge in [0.15, 0.2) is 0 Å². The molecule has 3 unspecified atom stereocenters. The number of aryl methyl sites for hydroxylation is 1. The molecule has 2 saturated heterocycles. The van der Waals surface area contributed by atoms with Crippen molar-refractivity contribution in [1.82, 2.24) is 10.6 Å². The second-order valence-electron chi connectivity index (χ2n) is 7.21. The second kappa shape index (κ2) is 6.91. The van der Waals surface area contributed by atoms with Crippen molar-refractivity contribution < 1.29 is 9.53 Å². The van der Waals surface area contributed by atoms with Gasteiger partial charge in [-0.2, -0.15) is 0 Å². The Morgan fingerprint density at radius 1 is 1.35 bits per heavy atom. The van der Waals surface area contributed by atoms with Gasteiger partial charge in [0.25, 0.3) is 0 Å². The Morgan fingerprint density at radius 2 is 2.04 bits per heavy atom. The van der Waals surface area contributed by atoms with E-state index in [1.165, 1.54) is 18.4 Å². The highest BCUT2D eigenvalue weighted by atomic mass is 16.5. The highest BCUT2D eigenvalue weighted by Crippen LogP contribution is 2.33. The zero-order valence-electron chi connectivity index (χ0n) is 14.4. The maximum atomic E-state index is 12.4. The fourth-order valence-corrected chi connectivity index (χ4v) is 4.17. The maximum absolute atomic E-state index is 12.4. The first-order valence-electron chi connectivity index (χ1n) is 8.75. The summed E-state index contributed by atoms with van der Waals surface area (Å²) in [5, 5.41) is 6.79. The molecule has 2 aliphatic heterocycles. The number of carbonyl (C=O) groups excluding carboxylic acids is 1. The SMILES string of the molecule is COc1ccc(C)cc1C(C)NC(=O)CC1CC2CCC(C1)N2. The van der Waals surface area contributed by atoms with Gasteiger partial charge in [-0.15, -0.1) is 0 Å². The molecule has 1 aromatic carbocycles. The Labute approximate surface area is 139 Å². The smallest absolute Gasteiger partial charge is 0.220 e. The lowest BCUT2D eigenvalue weighted by Gasteiger charge is -2.29. The molecule has 4 nitrogen and oxygen atoms in total. The number of nitrogens with one attached hydrogen (secondary N) is 2. The first-order valence-corrected chi connectivity index (χ1v) is 8.75. The quantitative estimate of drug-likeness (QED) is 0.877. The molecule has 0 saturated carbocycles. The van der Waals surface area contributed by atoms with Gasteiger partial charge in [-0.3, -0.25) is 4.79 Å². The van der Waals surface area contributed by atoms with Crippen molar-refractivity contribution in [2.45, 2.75) is 64.1 Å². The molecule has 23 heavy (non-hydrogen) atoms. The molecular weight excluding hydrogens is 288 g/mol. The fraction of sp³-hybridized carbons (Fsp3) is 0.632. The van der Waals surface area contributed by atoms with Crippen LogP contribution in [0.2, 0.25) is 0 Å². The minimum Gasteiger partial charge on any atom is -0.496 e. The lowest BCUT2D eigenvalue weighted by molar-refractivity contribution is -0.122. The number of amides is 1. The lowest BCUT2D eigenvalue weighted by Crippen LogP contribution is -2.40. The summed E-state index contributed by atoms with van der Waals surface area (Å²) in [7, 11) is 1.67. The van der Waals surface area contributed by atoms with Crippen LogP contribution >= 0.6 is 0 Å². The summed E-state index contributed by atoms with van der Waals surface area (Å²) in [6, 6.07) is 7.34. The predicted molar refractivity (Wildman–Crippen MR) is 91.6 cm³/mol. The van der Waals surface area contributed by atoms with Crippen LogP contribution in [-0.2, 0) is 4.79 Å². The molecule has 0 spiro atoms. The zero-order chi connectivity index (χ0) is 16.4. The Hall–Kier alpha value is -1.55. The van der Waals surface area contributed by atoms with Gasteiger partial charge in [0.05, 0.1) is 13.2 Å². The van der Waals surface area contributed by atoms with Gasteiger partial charge >= 0.3 is 0 Å². The number of benzene rings is 1. The molecule has 1 amide bonds. The number of fused-ring (bicyclic) bond motifs is 2. The number of ether oxygens (including phenoxy) is 1. The van der Waals surface area contributed by atoms with E-state index in [-0.39, 0.29) is 11.9 Å². The Morgan fingerprint density at radius 3 is 2.70 bits per heavy atom. The van der Waals surface area contributed by atoms with Crippen LogP contribution in [0.1, 0.15) is 56.2 Å². The summed E-state index contributed by atoms with van der Waals surface area (Å²) in [5.41, 5.74) is 2.23. The Bertz CT molecular complexity index is 560. The number of piperidine rings is 1. The van der Waals surface area contributed by atoms with E-state index >= 15 is 0 Å². The number of methoxy groups -OCH3 is 1. The van der Waals surface area contributed by atoms with Crippen LogP contribution in [0.5, 0.6) is 5.75 Å². The third-order valence-corrected chi connectivity index (χ3v) is 5.27. The standard InChI is InChI=1S/C19H28N2O2/c1-12-4-7-18(23-3)17(8-12)13(2)20-19(22)11-14-9-15-5-6-16(10-14)21-15/h4,7-8,13-16,21H,5-6,9-11H2,1-3H3,(H,20,22). The van der Waals surface area contributed by atoms with E-state index in [0.29, 0.717) is 24.4 Å². The van der Waals surface area contributed by atoms with Gasteiger partial charge in [-0.25, -0.2) is 0 Å². The van der Waals surface area contributed by atoms with Crippen LogP contribution in [0.3, 0.4) is 0 Å². The van der Waals surface area contributed by atoms with Gasteiger partial charge in [0.2, 0.25) is 5.91 Å². The third kappa shape index (κ3) is 3.86. The lowest BCUT2D eigenvalue weighted by atomic mass is 9.89. The number of hydrogen-bond donors (Lipinski definition) is 2. The van der Waals surface area contributed by atoms with E-state index in [2.05, 4.69) is 23.6 Å². The molecule has 0 radical (unpaired) electrons. The summed E-state index contributed by atoms with van der Waals surface area (Å²) in [4.78, 5) is 12.4. The van der Waals surface area contributed by atoms with Crippen molar-refractivity contribution in [2.75, 3.05) is 7.11 Å². The van der Waals surface area contributed by atoms with Crippen LogP contribution in [0.25, 0.3) is 0 Å². The molecular formula is C19H28N2O2. The van der Waals surface area contributed by atoms with Crippen LogP contribution < -0.4 is 15.4 Å². The minimum atomic E-state index is -0.0317. The van der Waals surface area contributed by atoms with E-state index < -0.39 is 0 Å². The van der Waals surface area contributed by atoms with Crippen molar-refractivity contribution in [2.24, 2.45) is 5.92 Å². The van der Waals surface area contributed by atoms with E-state index in [9.17, 15) is 4.79 Å². The summed E-state index contributed by atoms with van der Waals surface area (Å²) in [5.74, 6) is 1.52. The molecule has 2 aliphatic rings. The molecule has 2 bridgehead atoms. The van der Waals surface area contributed by atoms with Crippen molar-refractivity contribution in [3.63, 3.8) is 0 Å². The maximum Gasteiger partial charge on any atom is 0.220 e. The van der Waals surface area contributed by atoms with E-state index in [1.807, 2.05) is 19.1 Å². The monoisotopic (exact) mass is 316 g/mol. The van der Waals surface area contributed by atoms with Gasteiger partial charge in [-0.05, 0) is 51.5 Å². The van der Waals surface area contributed by atoms with Crippen molar-refractivity contribution in [1.29, 1.82) is 0 Å². The normalized spacial score (nSPS) is 27.5. The van der Waals surface area contributed by atoms with Crippen LogP contribution in [0.4, 0.5) is 0 Å². The van der Waals surface area contributed by atoms with Crippen LogP contribution in [-0.4, -0.2) is 25.1 Å². The zero-order valence-corrected chi connectivity index (χ0v) is 14.4. The third-order valence-electron chi connectivity index (χ3n) is 5.27. The highest BCUT2D eigenvalue weighted by molar-refractivity contribution is 5.76. The first-order chi connectivity index (χ1) is 11.0. The van der Waals surface area contributed by atoms with Crippen molar-refractivity contribution in [3.05, 3.63) is 29.3 Å². The molecule has 2 N–H and O–H groups in total. The fourth-order valence-electron chi connectivity index (χ4n) is 4.17. The summed E-state index contributed by atoms with van der Waals surface area (Å²) in [6.07, 6.45) is 5.49. The number of carbonyl (C=O) groups is 1. The van der Waals surface area contributed by atoms with E-state index in [4.69, 9.17) is 4.74 Å². The molecule has 4 heteroatoms. The molecule has 0 aromatic heterocycles. The summed E-state index contributed by atoms with van der Waals surface area (Å²) < 4.78 is 5.43. The van der Waals surface area contributed by atoms with Gasteiger partial charge in [0.1, 0.15) is 5.75 Å². The molecule has 2 fully saturated rings. The van der Waals surface area contributed by atoms with Gasteiger partial charge in [-0.1, -0.05) is 17.7 Å². The van der Waals surface area contributed by atoms with Gasteiger partial charge < -0.3 is 15.4 Å². The molecule has 3 rings (SSSR count). The van der Waals surface area contributed by atoms with Gasteiger partial charge in [0, 0.05) is 24.1 Å². The number of rotatable bonds is 5. The molecule has 1 aromatic rings. The Kier molecular flexibility index (Phi) is 4.90. The van der Waals surface area contributed by atoms with Crippen molar-refractivity contribution in [3.8, 4) is 5.75 Å². The first kappa shape index (κ1) is 16.3. The van der Waals surface area contributed by atoms with Crippen LogP contribution in [0, 0.1) is 12.8 Å². The van der Waals surface area contributed by atoms with Crippen molar-refractivity contribution >= 4 is 5.91 Å². The topological polar surface area (TPSA) is 50.4 Å². The van der Waals surface area contributed by atoms with Crippen LogP contribution in [0.15, 0.2) is 18.2 Å². The number of hydrogen-bond acceptors (Lipinski definition) is 3. The second-order valence-corrected chi connectivity index (χ2v) is 7.21.